The van der Waals surface area contributed by atoms with Gasteiger partial charge in [0.15, 0.2) is 0 Å². The van der Waals surface area contributed by atoms with Crippen LogP contribution in [0.15, 0.2) is 16.8 Å². The first-order valence-electron chi connectivity index (χ1n) is 3.76. The van der Waals surface area contributed by atoms with Gasteiger partial charge in [0.25, 0.3) is 5.71 Å². The molecule has 1 N–H and O–H groups in total. The number of aromatic carboxylic acids is 1. The smallest absolute Gasteiger partial charge is 0.337 e. The molecule has 0 unspecified atom stereocenters. The second kappa shape index (κ2) is 3.38. The van der Waals surface area contributed by atoms with Crippen LogP contribution in [-0.2, 0) is 5.33 Å². The molecule has 0 radical (unpaired) electrons. The molecule has 0 saturated heterocycles. The fourth-order valence-corrected chi connectivity index (χ4v) is 1.50. The van der Waals surface area contributed by atoms with Gasteiger partial charge in [0.05, 0.1) is 10.9 Å². The Morgan fingerprint density at radius 2 is 2.43 bits per heavy atom. The molecule has 0 aliphatic heterocycles. The van der Waals surface area contributed by atoms with Crippen molar-refractivity contribution in [3.05, 3.63) is 23.5 Å². The molecule has 0 atom stereocenters. The van der Waals surface area contributed by atoms with E-state index in [2.05, 4.69) is 26.1 Å². The van der Waals surface area contributed by atoms with E-state index in [0.29, 0.717) is 22.1 Å². The van der Waals surface area contributed by atoms with Gasteiger partial charge in [-0.2, -0.15) is 0 Å². The predicted molar refractivity (Wildman–Crippen MR) is 51.4 cm³/mol. The third-order valence-corrected chi connectivity index (χ3v) is 2.31. The second-order valence-electron chi connectivity index (χ2n) is 2.64. The first-order valence-corrected chi connectivity index (χ1v) is 4.88. The van der Waals surface area contributed by atoms with Gasteiger partial charge in [0.2, 0.25) is 0 Å². The van der Waals surface area contributed by atoms with Crippen LogP contribution in [-0.4, -0.2) is 21.2 Å². The standard InChI is InChI=1S/C8H5BrN2O3/c9-2-6-5-1-4(8(12)13)3-10-7(5)14-11-6/h1,3H,2H2,(H,12,13). The van der Waals surface area contributed by atoms with Crippen molar-refractivity contribution in [3.8, 4) is 0 Å². The number of carboxylic acid groups (broad SMARTS) is 1. The molecule has 0 bridgehead atoms. The van der Waals surface area contributed by atoms with Gasteiger partial charge in [-0.25, -0.2) is 9.78 Å². The number of rotatable bonds is 2. The monoisotopic (exact) mass is 256 g/mol. The lowest BCUT2D eigenvalue weighted by molar-refractivity contribution is 0.0696. The summed E-state index contributed by atoms with van der Waals surface area (Å²) in [6, 6.07) is 1.50. The summed E-state index contributed by atoms with van der Waals surface area (Å²) in [4.78, 5) is 14.5. The van der Waals surface area contributed by atoms with Crippen molar-refractivity contribution in [2.24, 2.45) is 0 Å². The number of nitrogens with zero attached hydrogens (tertiary/aromatic N) is 2. The van der Waals surface area contributed by atoms with Crippen molar-refractivity contribution >= 4 is 33.0 Å². The van der Waals surface area contributed by atoms with Crippen LogP contribution in [0.2, 0.25) is 0 Å². The van der Waals surface area contributed by atoms with Crippen LogP contribution in [0.3, 0.4) is 0 Å². The lowest BCUT2D eigenvalue weighted by Gasteiger charge is -1.92. The Morgan fingerprint density at radius 3 is 3.07 bits per heavy atom. The molecule has 0 amide bonds. The molecule has 0 aliphatic rings. The molecule has 2 aromatic heterocycles. The molecule has 0 aliphatic carbocycles. The third-order valence-electron chi connectivity index (χ3n) is 1.78. The Hall–Kier alpha value is -1.43. The third kappa shape index (κ3) is 1.37. The Kier molecular flexibility index (Phi) is 2.20. The minimum absolute atomic E-state index is 0.128. The van der Waals surface area contributed by atoms with Crippen LogP contribution in [0.4, 0.5) is 0 Å². The van der Waals surface area contributed by atoms with Gasteiger partial charge in [-0.15, -0.1) is 0 Å². The van der Waals surface area contributed by atoms with Crippen LogP contribution >= 0.6 is 15.9 Å². The number of fused-ring (bicyclic) bond motifs is 1. The maximum absolute atomic E-state index is 10.7. The van der Waals surface area contributed by atoms with E-state index in [1.54, 1.807) is 0 Å². The van der Waals surface area contributed by atoms with Crippen LogP contribution in [0, 0.1) is 0 Å². The number of carbonyl (C=O) groups is 1. The Morgan fingerprint density at radius 1 is 1.64 bits per heavy atom. The molecule has 2 heterocycles. The fraction of sp³-hybridized carbons (Fsp3) is 0.125. The van der Waals surface area contributed by atoms with Gasteiger partial charge >= 0.3 is 5.97 Å². The largest absolute Gasteiger partial charge is 0.478 e. The molecule has 2 rings (SSSR count). The summed E-state index contributed by atoms with van der Waals surface area (Å²) in [5.74, 6) is -1.01. The molecule has 2 aromatic rings. The summed E-state index contributed by atoms with van der Waals surface area (Å²) in [6.07, 6.45) is 1.24. The highest BCUT2D eigenvalue weighted by molar-refractivity contribution is 9.08. The van der Waals surface area contributed by atoms with E-state index in [4.69, 9.17) is 9.63 Å². The molecule has 0 aromatic carbocycles. The number of carboxylic acids is 1. The number of hydrogen-bond donors (Lipinski definition) is 1. The number of halogens is 1. The van der Waals surface area contributed by atoms with Crippen molar-refractivity contribution < 1.29 is 14.4 Å². The second-order valence-corrected chi connectivity index (χ2v) is 3.21. The summed E-state index contributed by atoms with van der Waals surface area (Å²) in [6.45, 7) is 0. The zero-order valence-corrected chi connectivity index (χ0v) is 8.48. The summed E-state index contributed by atoms with van der Waals surface area (Å²) in [7, 11) is 0. The highest BCUT2D eigenvalue weighted by atomic mass is 79.9. The molecule has 0 spiro atoms. The van der Waals surface area contributed by atoms with Gasteiger partial charge in [-0.05, 0) is 6.07 Å². The average molecular weight is 257 g/mol. The molecule has 6 heteroatoms. The van der Waals surface area contributed by atoms with Crippen LogP contribution in [0.1, 0.15) is 16.1 Å². The zero-order chi connectivity index (χ0) is 10.1. The average Bonchev–Trinajstić information content (AvgIpc) is 2.59. The normalized spacial score (nSPS) is 10.6. The summed E-state index contributed by atoms with van der Waals surface area (Å²) >= 11 is 3.22. The summed E-state index contributed by atoms with van der Waals surface area (Å²) in [5, 5.41) is 13.6. The van der Waals surface area contributed by atoms with Gasteiger partial charge in [0.1, 0.15) is 5.69 Å². The van der Waals surface area contributed by atoms with Crippen molar-refractivity contribution in [3.63, 3.8) is 0 Å². The minimum Gasteiger partial charge on any atom is -0.478 e. The predicted octanol–water partition coefficient (Wildman–Crippen LogP) is 1.82. The maximum atomic E-state index is 10.7. The number of hydrogen-bond acceptors (Lipinski definition) is 4. The zero-order valence-electron chi connectivity index (χ0n) is 6.90. The highest BCUT2D eigenvalue weighted by Crippen LogP contribution is 2.19. The highest BCUT2D eigenvalue weighted by Gasteiger charge is 2.11. The summed E-state index contributed by atoms with van der Waals surface area (Å²) < 4.78 is 4.89. The molecular weight excluding hydrogens is 252 g/mol. The number of alkyl halides is 1. The first-order chi connectivity index (χ1) is 6.72. The van der Waals surface area contributed by atoms with E-state index in [1.165, 1.54) is 12.3 Å². The lowest BCUT2D eigenvalue weighted by atomic mass is 10.2. The first kappa shape index (κ1) is 9.14. The van der Waals surface area contributed by atoms with E-state index < -0.39 is 5.97 Å². The van der Waals surface area contributed by atoms with Gasteiger partial charge in [-0.3, -0.25) is 0 Å². The quantitative estimate of drug-likeness (QED) is 0.830. The molecule has 14 heavy (non-hydrogen) atoms. The van der Waals surface area contributed by atoms with Crippen molar-refractivity contribution in [1.82, 2.24) is 10.1 Å². The summed E-state index contributed by atoms with van der Waals surface area (Å²) in [5.41, 5.74) is 1.13. The molecule has 5 nitrogen and oxygen atoms in total. The molecule has 72 valence electrons. The van der Waals surface area contributed by atoms with Crippen molar-refractivity contribution in [1.29, 1.82) is 0 Å². The molecule has 0 fully saturated rings. The van der Waals surface area contributed by atoms with E-state index in [-0.39, 0.29) is 5.56 Å². The Bertz CT molecular complexity index is 494. The SMILES string of the molecule is O=C(O)c1cnc2onc(CBr)c2c1. The van der Waals surface area contributed by atoms with E-state index in [1.807, 2.05) is 0 Å². The van der Waals surface area contributed by atoms with Crippen molar-refractivity contribution in [2.45, 2.75) is 5.33 Å². The van der Waals surface area contributed by atoms with Gasteiger partial charge < -0.3 is 9.63 Å². The van der Waals surface area contributed by atoms with Crippen LogP contribution in [0.5, 0.6) is 0 Å². The van der Waals surface area contributed by atoms with Crippen LogP contribution in [0.25, 0.3) is 11.1 Å². The Balaban J connectivity index is 2.67. The van der Waals surface area contributed by atoms with Gasteiger partial charge in [-0.1, -0.05) is 21.1 Å². The van der Waals surface area contributed by atoms with E-state index >= 15 is 0 Å². The number of pyridine rings is 1. The fourth-order valence-electron chi connectivity index (χ4n) is 1.09. The Labute approximate surface area is 86.9 Å². The molecular formula is C8H5BrN2O3. The topological polar surface area (TPSA) is 76.2 Å². The van der Waals surface area contributed by atoms with Gasteiger partial charge in [0, 0.05) is 11.5 Å². The molecule has 0 saturated carbocycles. The van der Waals surface area contributed by atoms with Crippen molar-refractivity contribution in [2.75, 3.05) is 0 Å². The maximum Gasteiger partial charge on any atom is 0.337 e. The minimum atomic E-state index is -1.01. The number of aromatic nitrogens is 2. The van der Waals surface area contributed by atoms with E-state index in [0.717, 1.165) is 0 Å². The van der Waals surface area contributed by atoms with E-state index in [9.17, 15) is 4.79 Å². The lowest BCUT2D eigenvalue weighted by Crippen LogP contribution is -1.96. The van der Waals surface area contributed by atoms with Crippen LogP contribution < -0.4 is 0 Å².